The fourth-order valence-electron chi connectivity index (χ4n) is 7.81. The molecule has 0 fully saturated rings. The van der Waals surface area contributed by atoms with Gasteiger partial charge in [0.2, 0.25) is 0 Å². The van der Waals surface area contributed by atoms with E-state index < -0.39 is 0 Å². The van der Waals surface area contributed by atoms with Gasteiger partial charge < -0.3 is 4.57 Å². The maximum absolute atomic E-state index is 4.77. The van der Waals surface area contributed by atoms with E-state index in [0.717, 1.165) is 5.69 Å². The summed E-state index contributed by atoms with van der Waals surface area (Å²) in [5.41, 5.74) is 10.7. The van der Waals surface area contributed by atoms with Gasteiger partial charge in [-0.1, -0.05) is 135 Å². The molecule has 0 saturated heterocycles. The van der Waals surface area contributed by atoms with E-state index in [4.69, 9.17) is 5.21 Å². The molecular weight excluding hydrogens is 823 g/mol. The van der Waals surface area contributed by atoms with E-state index in [1.165, 1.54) is 44.5 Å². The number of para-hydroxylation sites is 3. The Kier molecular flexibility index (Phi) is 22.9. The number of aromatic nitrogens is 9. The zero-order chi connectivity index (χ0) is 48.0. The van der Waals surface area contributed by atoms with Crippen molar-refractivity contribution in [2.24, 2.45) is 0 Å². The largest absolute Gasteiger partial charge is 0.342 e. The SMILES string of the molecule is C.C.C.C.C.CC(C)(C)c1cn(C(C)(C)C)c2ccccc12.CC(C)(C)n1n[n+](C(C)(C)C)c2ccccc21.Cc1c(C(C)(C)C)cnn1C(C)(C)C.Cc1c(C(C)(C)C)nnn1C(C)(C)C. The lowest BCUT2D eigenvalue weighted by atomic mass is 9.87. The third-order valence-electron chi connectivity index (χ3n) is 10.7. The summed E-state index contributed by atoms with van der Waals surface area (Å²) in [4.78, 5) is 0. The van der Waals surface area contributed by atoms with Crippen LogP contribution in [-0.4, -0.2) is 39.2 Å². The van der Waals surface area contributed by atoms with E-state index in [1.54, 1.807) is 0 Å². The van der Waals surface area contributed by atoms with E-state index in [0.29, 0.717) is 0 Å². The third-order valence-corrected chi connectivity index (χ3v) is 10.7. The second-order valence-corrected chi connectivity index (χ2v) is 25.2. The molecule has 0 bridgehead atoms. The Hall–Kier alpha value is -4.27. The average molecular weight is 932 g/mol. The molecule has 9 nitrogen and oxygen atoms in total. The summed E-state index contributed by atoms with van der Waals surface area (Å²) in [6.45, 7) is 57.1. The van der Waals surface area contributed by atoms with Crippen LogP contribution in [0.15, 0.2) is 60.9 Å². The molecule has 67 heavy (non-hydrogen) atoms. The van der Waals surface area contributed by atoms with Crippen LogP contribution < -0.4 is 4.68 Å². The van der Waals surface area contributed by atoms with Gasteiger partial charge in [-0.05, 0) is 158 Å². The van der Waals surface area contributed by atoms with Crippen molar-refractivity contribution in [2.45, 2.75) is 261 Å². The molecular formula is C58H108N9+. The molecule has 0 unspecified atom stereocenters. The first kappa shape index (κ1) is 67.0. The number of fused-ring (bicyclic) bond motifs is 2. The minimum absolute atomic E-state index is 0. The van der Waals surface area contributed by atoms with E-state index >= 15 is 0 Å². The Morgan fingerprint density at radius 3 is 1.22 bits per heavy atom. The van der Waals surface area contributed by atoms with Crippen LogP contribution in [0, 0.1) is 13.8 Å². The van der Waals surface area contributed by atoms with Gasteiger partial charge in [0.1, 0.15) is 11.1 Å². The van der Waals surface area contributed by atoms with Gasteiger partial charge in [-0.15, -0.1) is 14.5 Å². The second kappa shape index (κ2) is 22.9. The Morgan fingerprint density at radius 1 is 0.448 bits per heavy atom. The Morgan fingerprint density at radius 2 is 0.881 bits per heavy atom. The molecule has 0 amide bonds. The maximum Gasteiger partial charge on any atom is 0.198 e. The molecule has 0 radical (unpaired) electrons. The standard InChI is InChI=1S/C16H23N.C14H22N3.C12H22N2.C11H21N3.5CH4/c1-15(2,3)13-11-17(16(4,5)6)14-10-8-7-9-12(13)14;1-13(2,3)16-11-9-7-8-10-12(11)17(15-16)14(4,5)6;1-9-10(11(2,3)4)8-13-14(9)12(5,6)7;1-8-9(10(2,3)4)12-13-14(8)11(5,6)7;;;;;/h7-11H,1-6H3;7-10H,1-6H3;8H,1-7H3;1-7H3;5*1H4/q;+1;;;;;;;. The van der Waals surface area contributed by atoms with E-state index in [9.17, 15) is 0 Å². The summed E-state index contributed by atoms with van der Waals surface area (Å²) < 4.78 is 10.7. The van der Waals surface area contributed by atoms with Gasteiger partial charge in [-0.3, -0.25) is 4.68 Å². The molecule has 6 rings (SSSR count). The predicted octanol–water partition coefficient (Wildman–Crippen LogP) is 16.6. The van der Waals surface area contributed by atoms with Crippen molar-refractivity contribution in [2.75, 3.05) is 0 Å². The summed E-state index contributed by atoms with van der Waals surface area (Å²) >= 11 is 0. The molecule has 0 atom stereocenters. The first-order chi connectivity index (χ1) is 27.7. The fourth-order valence-corrected chi connectivity index (χ4v) is 7.81. The van der Waals surface area contributed by atoms with Crippen LogP contribution in [0.1, 0.15) is 232 Å². The van der Waals surface area contributed by atoms with Crippen LogP contribution in [0.25, 0.3) is 21.9 Å². The highest BCUT2D eigenvalue weighted by molar-refractivity contribution is 5.85. The van der Waals surface area contributed by atoms with Crippen LogP contribution in [0.3, 0.4) is 0 Å². The molecule has 0 saturated carbocycles. The molecule has 384 valence electrons. The van der Waals surface area contributed by atoms with Gasteiger partial charge >= 0.3 is 0 Å². The molecule has 0 N–H and O–H groups in total. The summed E-state index contributed by atoms with van der Waals surface area (Å²) in [5, 5.41) is 19.1. The summed E-state index contributed by atoms with van der Waals surface area (Å²) in [7, 11) is 0. The number of rotatable bonds is 0. The zero-order valence-corrected chi connectivity index (χ0v) is 44.3. The third kappa shape index (κ3) is 16.4. The summed E-state index contributed by atoms with van der Waals surface area (Å²) in [6, 6.07) is 17.1. The molecule has 2 aromatic carbocycles. The highest BCUT2D eigenvalue weighted by atomic mass is 15.5. The van der Waals surface area contributed by atoms with Gasteiger partial charge in [-0.2, -0.15) is 5.10 Å². The van der Waals surface area contributed by atoms with Crippen LogP contribution in [0.4, 0.5) is 0 Å². The summed E-state index contributed by atoms with van der Waals surface area (Å²) in [6.07, 6.45) is 4.32. The quantitative estimate of drug-likeness (QED) is 0.142. The molecule has 0 spiro atoms. The van der Waals surface area contributed by atoms with Crippen molar-refractivity contribution in [1.82, 2.24) is 39.2 Å². The molecule has 4 aromatic heterocycles. The lowest BCUT2D eigenvalue weighted by Gasteiger charge is -2.24. The van der Waals surface area contributed by atoms with Gasteiger partial charge in [0.25, 0.3) is 0 Å². The molecule has 0 aliphatic heterocycles. The van der Waals surface area contributed by atoms with Gasteiger partial charge in [0.15, 0.2) is 11.0 Å². The number of nitrogens with zero attached hydrogens (tertiary/aromatic N) is 9. The molecule has 6 aromatic rings. The van der Waals surface area contributed by atoms with Crippen LogP contribution >= 0.6 is 0 Å². The highest BCUT2D eigenvalue weighted by Crippen LogP contribution is 2.35. The Balaban J connectivity index is -0.000000799. The van der Waals surface area contributed by atoms with Gasteiger partial charge in [0, 0.05) is 33.7 Å². The van der Waals surface area contributed by atoms with Gasteiger partial charge in [-0.25, -0.2) is 4.68 Å². The first-order valence-electron chi connectivity index (χ1n) is 22.7. The second-order valence-electron chi connectivity index (χ2n) is 25.2. The van der Waals surface area contributed by atoms with Crippen molar-refractivity contribution in [3.8, 4) is 0 Å². The van der Waals surface area contributed by atoms with Crippen molar-refractivity contribution in [1.29, 1.82) is 0 Å². The topological polar surface area (TPSA) is 75.2 Å². The van der Waals surface area contributed by atoms with Gasteiger partial charge in [0.05, 0.1) is 33.9 Å². The minimum Gasteiger partial charge on any atom is -0.342 e. The lowest BCUT2D eigenvalue weighted by Crippen LogP contribution is -2.53. The predicted molar refractivity (Wildman–Crippen MR) is 298 cm³/mol. The smallest absolute Gasteiger partial charge is 0.198 e. The lowest BCUT2D eigenvalue weighted by molar-refractivity contribution is -0.786. The van der Waals surface area contributed by atoms with E-state index in [2.05, 4.69) is 269 Å². The Bertz CT molecular complexity index is 2060. The Labute approximate surface area is 414 Å². The first-order valence-corrected chi connectivity index (χ1v) is 22.7. The number of benzene rings is 2. The van der Waals surface area contributed by atoms with Crippen molar-refractivity contribution >= 4 is 21.9 Å². The van der Waals surface area contributed by atoms with E-state index in [1.807, 2.05) is 10.9 Å². The normalized spacial score (nSPS) is 12.3. The molecule has 9 heteroatoms. The monoisotopic (exact) mass is 931 g/mol. The minimum atomic E-state index is -0.00387. The molecule has 0 aliphatic rings. The molecule has 4 heterocycles. The average Bonchev–Trinajstić information content (AvgIpc) is 3.85. The van der Waals surface area contributed by atoms with Crippen LogP contribution in [0.5, 0.6) is 0 Å². The zero-order valence-electron chi connectivity index (χ0n) is 44.3. The van der Waals surface area contributed by atoms with Crippen LogP contribution in [0.2, 0.25) is 0 Å². The maximum atomic E-state index is 4.77. The van der Waals surface area contributed by atoms with Crippen molar-refractivity contribution < 1.29 is 4.68 Å². The van der Waals surface area contributed by atoms with Crippen molar-refractivity contribution in [3.63, 3.8) is 0 Å². The molecule has 0 aliphatic carbocycles. The highest BCUT2D eigenvalue weighted by Gasteiger charge is 2.33. The van der Waals surface area contributed by atoms with E-state index in [-0.39, 0.29) is 81.1 Å². The summed E-state index contributed by atoms with van der Waals surface area (Å²) in [5.74, 6) is 0. The number of hydrogen-bond acceptors (Lipinski definition) is 4. The number of hydrogen-bond donors (Lipinski definition) is 0. The van der Waals surface area contributed by atoms with Crippen LogP contribution in [-0.2, 0) is 43.9 Å². The fraction of sp³-hybridized carbons (Fsp3) is 0.672. The van der Waals surface area contributed by atoms with Crippen molar-refractivity contribution in [3.05, 3.63) is 89.1 Å².